The van der Waals surface area contributed by atoms with Crippen LogP contribution in [0, 0.1) is 23.2 Å². The molecule has 0 radical (unpaired) electrons. The van der Waals surface area contributed by atoms with Crippen LogP contribution in [0.15, 0.2) is 28.0 Å². The first kappa shape index (κ1) is 27.2. The number of carbonyl (C=O) groups is 1. The maximum absolute atomic E-state index is 12.4. The van der Waals surface area contributed by atoms with Crippen molar-refractivity contribution in [2.75, 3.05) is 32.8 Å². The summed E-state index contributed by atoms with van der Waals surface area (Å²) in [7, 11) is 0. The Kier molecular flexibility index (Phi) is 8.18. The van der Waals surface area contributed by atoms with E-state index in [1.54, 1.807) is 12.5 Å². The highest BCUT2D eigenvalue weighted by Gasteiger charge is 2.56. The monoisotopic (exact) mass is 528 g/mol. The highest BCUT2D eigenvalue weighted by Crippen LogP contribution is 2.48. The van der Waals surface area contributed by atoms with E-state index in [1.165, 1.54) is 0 Å². The second-order valence-corrected chi connectivity index (χ2v) is 11.8. The molecule has 4 aliphatic rings. The average molecular weight is 529 g/mol. The van der Waals surface area contributed by atoms with E-state index in [1.807, 2.05) is 11.3 Å². The normalized spacial score (nSPS) is 36.6. The van der Waals surface area contributed by atoms with Gasteiger partial charge in [0.2, 0.25) is 5.91 Å². The second kappa shape index (κ2) is 11.4. The fraction of sp³-hybridized carbons (Fsp3) is 0.778. The van der Waals surface area contributed by atoms with Crippen LogP contribution in [-0.2, 0) is 15.0 Å². The molecule has 1 amide bonds. The number of nitrogens with zero attached hydrogens (tertiary/aromatic N) is 4. The molecule has 0 aliphatic carbocycles. The molecule has 11 nitrogen and oxygen atoms in total. The van der Waals surface area contributed by atoms with Crippen molar-refractivity contribution in [2.45, 2.75) is 76.4 Å². The summed E-state index contributed by atoms with van der Waals surface area (Å²) in [5.41, 5.74) is 6.16. The highest BCUT2D eigenvalue weighted by molar-refractivity contribution is 5.77. The van der Waals surface area contributed by atoms with Crippen molar-refractivity contribution in [1.82, 2.24) is 31.4 Å². The highest BCUT2D eigenvalue weighted by atomic mass is 16.7. The van der Waals surface area contributed by atoms with Gasteiger partial charge in [-0.2, -0.15) is 0 Å². The van der Waals surface area contributed by atoms with Crippen LogP contribution >= 0.6 is 0 Å². The van der Waals surface area contributed by atoms with Crippen LogP contribution in [0.4, 0.5) is 0 Å². The van der Waals surface area contributed by atoms with E-state index in [2.05, 4.69) is 58.2 Å². The Labute approximate surface area is 225 Å². The van der Waals surface area contributed by atoms with Gasteiger partial charge in [0, 0.05) is 53.9 Å². The van der Waals surface area contributed by atoms with Crippen LogP contribution in [0.1, 0.15) is 58.6 Å². The lowest BCUT2D eigenvalue weighted by atomic mass is 9.58. The Hall–Kier alpha value is -2.34. The molecule has 0 aromatic carbocycles. The van der Waals surface area contributed by atoms with E-state index in [-0.39, 0.29) is 35.4 Å². The van der Waals surface area contributed by atoms with Crippen LogP contribution in [0.5, 0.6) is 0 Å². The molecule has 0 spiro atoms. The summed E-state index contributed by atoms with van der Waals surface area (Å²) in [4.78, 5) is 23.5. The SMILES string of the molecule is CCC(CON1C=NC=CC1[C@@]1(C2CCCC(=O)N2)CNC[C@H]1N)C1(c2cnno2)CCNCC1C(C)C. The van der Waals surface area contributed by atoms with Gasteiger partial charge in [-0.15, -0.1) is 5.10 Å². The third-order valence-corrected chi connectivity index (χ3v) is 9.74. The van der Waals surface area contributed by atoms with E-state index in [4.69, 9.17) is 15.1 Å². The van der Waals surface area contributed by atoms with Crippen LogP contribution in [-0.4, -0.2) is 78.6 Å². The first-order valence-corrected chi connectivity index (χ1v) is 14.3. The van der Waals surface area contributed by atoms with Gasteiger partial charge in [0.1, 0.15) is 6.34 Å². The molecule has 38 heavy (non-hydrogen) atoms. The molecule has 3 saturated heterocycles. The zero-order valence-corrected chi connectivity index (χ0v) is 22.9. The number of nitrogens with one attached hydrogen (secondary N) is 3. The van der Waals surface area contributed by atoms with Gasteiger partial charge in [-0.3, -0.25) is 9.63 Å². The van der Waals surface area contributed by atoms with Gasteiger partial charge < -0.3 is 26.2 Å². The zero-order valence-electron chi connectivity index (χ0n) is 22.9. The average Bonchev–Trinajstić information content (AvgIpc) is 3.60. The lowest BCUT2D eigenvalue weighted by molar-refractivity contribution is -0.168. The van der Waals surface area contributed by atoms with Crippen LogP contribution in [0.2, 0.25) is 0 Å². The Bertz CT molecular complexity index is 1000. The first-order valence-electron chi connectivity index (χ1n) is 14.3. The molecule has 11 heteroatoms. The molecule has 1 aromatic heterocycles. The topological polar surface area (TPSA) is 143 Å². The second-order valence-electron chi connectivity index (χ2n) is 11.8. The maximum atomic E-state index is 12.4. The molecular formula is C27H44N8O3. The number of carbonyl (C=O) groups excluding carboxylic acids is 1. The van der Waals surface area contributed by atoms with E-state index >= 15 is 0 Å². The maximum Gasteiger partial charge on any atom is 0.220 e. The minimum absolute atomic E-state index is 0.0377. The molecule has 5 unspecified atom stereocenters. The number of hydrogen-bond donors (Lipinski definition) is 4. The summed E-state index contributed by atoms with van der Waals surface area (Å²) in [5.74, 6) is 1.91. The Morgan fingerprint density at radius 3 is 2.87 bits per heavy atom. The smallest absolute Gasteiger partial charge is 0.220 e. The largest absolute Gasteiger partial charge is 0.353 e. The number of aliphatic imine (C=N–C) groups is 1. The summed E-state index contributed by atoms with van der Waals surface area (Å²) >= 11 is 0. The molecule has 7 atom stereocenters. The predicted octanol–water partition coefficient (Wildman–Crippen LogP) is 1.34. The van der Waals surface area contributed by atoms with Crippen molar-refractivity contribution >= 4 is 12.2 Å². The number of piperidine rings is 2. The van der Waals surface area contributed by atoms with Gasteiger partial charge in [-0.25, -0.2) is 10.1 Å². The fourth-order valence-corrected chi connectivity index (χ4v) is 7.75. The van der Waals surface area contributed by atoms with Crippen molar-refractivity contribution in [3.63, 3.8) is 0 Å². The number of amides is 1. The van der Waals surface area contributed by atoms with Gasteiger partial charge >= 0.3 is 0 Å². The Morgan fingerprint density at radius 2 is 2.18 bits per heavy atom. The number of nitrogens with two attached hydrogens (primary N) is 1. The van der Waals surface area contributed by atoms with Gasteiger partial charge in [-0.05, 0) is 56.2 Å². The standard InChI is InChI=1S/C27H44N8O3/c1-4-19(26(24-14-32-34-38-24)9-11-29-12-20(26)18(2)3)15-37-35-17-30-10-8-23(35)27(16-31-13-21(27)28)22-6-5-7-25(36)33-22/h8,10,14,17-23,29,31H,4-7,9,11-13,15-16,28H2,1-3H3,(H,33,36)/t19?,20?,21-,22?,23?,26?,27+/m1/s1. The fourth-order valence-electron chi connectivity index (χ4n) is 7.75. The molecule has 4 aliphatic heterocycles. The van der Waals surface area contributed by atoms with Gasteiger partial charge in [0.15, 0.2) is 5.76 Å². The molecule has 5 heterocycles. The van der Waals surface area contributed by atoms with Crippen LogP contribution in [0.25, 0.3) is 0 Å². The molecule has 5 N–H and O–H groups in total. The number of rotatable bonds is 9. The number of hydroxylamine groups is 2. The summed E-state index contributed by atoms with van der Waals surface area (Å²) in [6.07, 6.45) is 11.6. The van der Waals surface area contributed by atoms with E-state index in [9.17, 15) is 4.79 Å². The number of aromatic nitrogens is 2. The van der Waals surface area contributed by atoms with Gasteiger partial charge in [-0.1, -0.05) is 27.2 Å². The van der Waals surface area contributed by atoms with E-state index < -0.39 is 5.41 Å². The third kappa shape index (κ3) is 4.67. The zero-order chi connectivity index (χ0) is 26.8. The summed E-state index contributed by atoms with van der Waals surface area (Å²) in [6.45, 7) is 10.5. The molecular weight excluding hydrogens is 484 g/mol. The Balaban J connectivity index is 1.42. The van der Waals surface area contributed by atoms with Gasteiger partial charge in [0.05, 0.1) is 18.8 Å². The predicted molar refractivity (Wildman–Crippen MR) is 144 cm³/mol. The summed E-state index contributed by atoms with van der Waals surface area (Å²) in [5, 5.41) is 20.2. The third-order valence-electron chi connectivity index (χ3n) is 9.74. The molecule has 0 saturated carbocycles. The van der Waals surface area contributed by atoms with Gasteiger partial charge in [0.25, 0.3) is 0 Å². The molecule has 1 aromatic rings. The summed E-state index contributed by atoms with van der Waals surface area (Å²) < 4.78 is 5.79. The molecule has 210 valence electrons. The van der Waals surface area contributed by atoms with Crippen LogP contribution in [0.3, 0.4) is 0 Å². The molecule has 5 rings (SSSR count). The van der Waals surface area contributed by atoms with Crippen molar-refractivity contribution in [1.29, 1.82) is 0 Å². The first-order chi connectivity index (χ1) is 18.4. The lowest BCUT2D eigenvalue weighted by Crippen LogP contribution is -2.66. The van der Waals surface area contributed by atoms with Crippen molar-refractivity contribution in [3.05, 3.63) is 24.2 Å². The van der Waals surface area contributed by atoms with Crippen molar-refractivity contribution in [3.8, 4) is 0 Å². The van der Waals surface area contributed by atoms with E-state index in [0.717, 1.165) is 44.5 Å². The summed E-state index contributed by atoms with van der Waals surface area (Å²) in [6, 6.07) is -0.339. The quantitative estimate of drug-likeness (QED) is 0.373. The van der Waals surface area contributed by atoms with Crippen molar-refractivity contribution in [2.24, 2.45) is 33.9 Å². The molecule has 0 bridgehead atoms. The lowest BCUT2D eigenvalue weighted by Gasteiger charge is -2.51. The number of hydrogen-bond acceptors (Lipinski definition) is 10. The van der Waals surface area contributed by atoms with Crippen molar-refractivity contribution < 1.29 is 14.2 Å². The minimum atomic E-state index is -0.414. The Morgan fingerprint density at radius 1 is 1.32 bits per heavy atom. The minimum Gasteiger partial charge on any atom is -0.353 e. The molecule has 3 fully saturated rings. The van der Waals surface area contributed by atoms with Crippen LogP contribution < -0.4 is 21.7 Å². The van der Waals surface area contributed by atoms with E-state index in [0.29, 0.717) is 38.0 Å².